The van der Waals surface area contributed by atoms with Gasteiger partial charge in [-0.3, -0.25) is 0 Å². The summed E-state index contributed by atoms with van der Waals surface area (Å²) in [6, 6.07) is 8.85. The molecule has 1 aromatic rings. The molecule has 1 aliphatic rings. The van der Waals surface area contributed by atoms with E-state index in [0.29, 0.717) is 23.8 Å². The number of nitrogens with one attached hydrogen (secondary N) is 1. The minimum Gasteiger partial charge on any atom is -0.508 e. The topological polar surface area (TPSA) is 32.3 Å². The van der Waals surface area contributed by atoms with Gasteiger partial charge in [0.15, 0.2) is 0 Å². The molecule has 0 aliphatic carbocycles. The van der Waals surface area contributed by atoms with Crippen molar-refractivity contribution in [2.75, 3.05) is 0 Å². The molecule has 2 rings (SSSR count). The Hall–Kier alpha value is -1.02. The van der Waals surface area contributed by atoms with Crippen LogP contribution in [0, 0.1) is 0 Å². The largest absolute Gasteiger partial charge is 0.508 e. The zero-order valence-corrected chi connectivity index (χ0v) is 9.40. The molecule has 1 saturated heterocycles. The van der Waals surface area contributed by atoms with Gasteiger partial charge in [0.25, 0.3) is 0 Å². The average Bonchev–Trinajstić information content (AvgIpc) is 2.61. The van der Waals surface area contributed by atoms with Crippen LogP contribution >= 0.6 is 0 Å². The molecular formula is C13H19NO. The SMILES string of the molecule is CC[C@@H]1N[C@@H](C)C[C@H]1c1ccc(O)cc1. The highest BCUT2D eigenvalue weighted by Gasteiger charge is 2.30. The van der Waals surface area contributed by atoms with Crippen molar-refractivity contribution in [3.05, 3.63) is 29.8 Å². The molecule has 1 heterocycles. The molecule has 2 N–H and O–H groups in total. The molecule has 2 nitrogen and oxygen atoms in total. The van der Waals surface area contributed by atoms with Gasteiger partial charge in [-0.2, -0.15) is 0 Å². The van der Waals surface area contributed by atoms with Gasteiger partial charge in [-0.05, 0) is 37.5 Å². The zero-order chi connectivity index (χ0) is 10.8. The average molecular weight is 205 g/mol. The number of hydrogen-bond donors (Lipinski definition) is 2. The molecule has 15 heavy (non-hydrogen) atoms. The summed E-state index contributed by atoms with van der Waals surface area (Å²) >= 11 is 0. The van der Waals surface area contributed by atoms with Crippen LogP contribution in [0.2, 0.25) is 0 Å². The van der Waals surface area contributed by atoms with Crippen molar-refractivity contribution in [2.45, 2.75) is 44.7 Å². The molecule has 0 saturated carbocycles. The van der Waals surface area contributed by atoms with Crippen molar-refractivity contribution in [1.29, 1.82) is 0 Å². The zero-order valence-electron chi connectivity index (χ0n) is 9.40. The smallest absolute Gasteiger partial charge is 0.115 e. The third-order valence-electron chi connectivity index (χ3n) is 3.35. The molecule has 82 valence electrons. The quantitative estimate of drug-likeness (QED) is 0.778. The Morgan fingerprint density at radius 1 is 1.33 bits per heavy atom. The van der Waals surface area contributed by atoms with Crippen molar-refractivity contribution in [3.63, 3.8) is 0 Å². The van der Waals surface area contributed by atoms with E-state index in [1.807, 2.05) is 12.1 Å². The minimum absolute atomic E-state index is 0.353. The lowest BCUT2D eigenvalue weighted by Gasteiger charge is -2.18. The van der Waals surface area contributed by atoms with Crippen molar-refractivity contribution in [2.24, 2.45) is 0 Å². The summed E-state index contributed by atoms with van der Waals surface area (Å²) in [4.78, 5) is 0. The summed E-state index contributed by atoms with van der Waals surface area (Å²) in [5, 5.41) is 12.9. The van der Waals surface area contributed by atoms with Crippen molar-refractivity contribution in [1.82, 2.24) is 5.32 Å². The summed E-state index contributed by atoms with van der Waals surface area (Å²) < 4.78 is 0. The van der Waals surface area contributed by atoms with E-state index in [9.17, 15) is 5.11 Å². The van der Waals surface area contributed by atoms with E-state index in [-0.39, 0.29) is 0 Å². The first-order chi connectivity index (χ1) is 7.20. The maximum atomic E-state index is 9.26. The molecule has 1 aromatic carbocycles. The third-order valence-corrected chi connectivity index (χ3v) is 3.35. The first kappa shape index (κ1) is 10.5. The van der Waals surface area contributed by atoms with Crippen LogP contribution in [0.5, 0.6) is 5.75 Å². The number of hydrogen-bond acceptors (Lipinski definition) is 2. The second-order valence-corrected chi connectivity index (χ2v) is 4.52. The summed E-state index contributed by atoms with van der Waals surface area (Å²) in [7, 11) is 0. The molecule has 3 atom stereocenters. The van der Waals surface area contributed by atoms with Crippen molar-refractivity contribution in [3.8, 4) is 5.75 Å². The molecule has 0 radical (unpaired) electrons. The van der Waals surface area contributed by atoms with Crippen LogP contribution in [0.25, 0.3) is 0 Å². The molecule has 1 aliphatic heterocycles. The second-order valence-electron chi connectivity index (χ2n) is 4.52. The molecular weight excluding hydrogens is 186 g/mol. The molecule has 0 spiro atoms. The first-order valence-corrected chi connectivity index (χ1v) is 5.75. The van der Waals surface area contributed by atoms with Gasteiger partial charge >= 0.3 is 0 Å². The summed E-state index contributed by atoms with van der Waals surface area (Å²) in [6.07, 6.45) is 2.36. The standard InChI is InChI=1S/C13H19NO/c1-3-13-12(8-9(2)14-13)10-4-6-11(15)7-5-10/h4-7,9,12-15H,3,8H2,1-2H3/t9-,12-,13-/m0/s1. The van der Waals surface area contributed by atoms with Gasteiger partial charge in [-0.1, -0.05) is 19.1 Å². The van der Waals surface area contributed by atoms with Crippen LogP contribution in [-0.4, -0.2) is 17.2 Å². The van der Waals surface area contributed by atoms with Crippen LogP contribution < -0.4 is 5.32 Å². The van der Waals surface area contributed by atoms with E-state index in [1.54, 1.807) is 12.1 Å². The fourth-order valence-corrected chi connectivity index (χ4v) is 2.59. The Morgan fingerprint density at radius 2 is 2.00 bits per heavy atom. The summed E-state index contributed by atoms with van der Waals surface area (Å²) in [5.74, 6) is 0.955. The number of rotatable bonds is 2. The maximum absolute atomic E-state index is 9.26. The Balaban J connectivity index is 2.19. The molecule has 0 amide bonds. The van der Waals surface area contributed by atoms with Crippen LogP contribution in [0.1, 0.15) is 38.2 Å². The lowest BCUT2D eigenvalue weighted by Crippen LogP contribution is -2.28. The van der Waals surface area contributed by atoms with Crippen LogP contribution in [0.15, 0.2) is 24.3 Å². The fraction of sp³-hybridized carbons (Fsp3) is 0.538. The van der Waals surface area contributed by atoms with E-state index in [2.05, 4.69) is 19.2 Å². The van der Waals surface area contributed by atoms with Crippen molar-refractivity contribution >= 4 is 0 Å². The normalized spacial score (nSPS) is 30.7. The highest BCUT2D eigenvalue weighted by atomic mass is 16.3. The molecule has 2 heteroatoms. The minimum atomic E-state index is 0.353. The highest BCUT2D eigenvalue weighted by Crippen LogP contribution is 2.32. The van der Waals surface area contributed by atoms with Gasteiger partial charge in [-0.15, -0.1) is 0 Å². The van der Waals surface area contributed by atoms with E-state index in [4.69, 9.17) is 0 Å². The van der Waals surface area contributed by atoms with Gasteiger partial charge in [0.1, 0.15) is 5.75 Å². The Bertz CT molecular complexity index is 320. The Morgan fingerprint density at radius 3 is 2.60 bits per heavy atom. The Labute approximate surface area is 91.3 Å². The van der Waals surface area contributed by atoms with Gasteiger partial charge in [0.05, 0.1) is 0 Å². The van der Waals surface area contributed by atoms with Crippen LogP contribution in [0.3, 0.4) is 0 Å². The predicted octanol–water partition coefficient (Wildman–Crippen LogP) is 2.64. The first-order valence-electron chi connectivity index (χ1n) is 5.75. The van der Waals surface area contributed by atoms with Gasteiger partial charge in [0.2, 0.25) is 0 Å². The van der Waals surface area contributed by atoms with Crippen LogP contribution in [-0.2, 0) is 0 Å². The van der Waals surface area contributed by atoms with Crippen LogP contribution in [0.4, 0.5) is 0 Å². The maximum Gasteiger partial charge on any atom is 0.115 e. The molecule has 0 bridgehead atoms. The number of phenolic OH excluding ortho intramolecular Hbond substituents is 1. The van der Waals surface area contributed by atoms with E-state index in [1.165, 1.54) is 12.0 Å². The third kappa shape index (κ3) is 2.15. The highest BCUT2D eigenvalue weighted by molar-refractivity contribution is 5.30. The monoisotopic (exact) mass is 205 g/mol. The van der Waals surface area contributed by atoms with E-state index >= 15 is 0 Å². The van der Waals surface area contributed by atoms with E-state index in [0.717, 1.165) is 6.42 Å². The summed E-state index contributed by atoms with van der Waals surface area (Å²) in [5.41, 5.74) is 1.34. The van der Waals surface area contributed by atoms with Gasteiger partial charge < -0.3 is 10.4 Å². The molecule has 1 fully saturated rings. The Kier molecular flexibility index (Phi) is 2.96. The second kappa shape index (κ2) is 4.23. The molecule has 0 aromatic heterocycles. The number of benzene rings is 1. The molecule has 0 unspecified atom stereocenters. The number of phenols is 1. The van der Waals surface area contributed by atoms with Gasteiger partial charge in [0, 0.05) is 18.0 Å². The predicted molar refractivity (Wildman–Crippen MR) is 62.1 cm³/mol. The fourth-order valence-electron chi connectivity index (χ4n) is 2.59. The van der Waals surface area contributed by atoms with E-state index < -0.39 is 0 Å². The number of aromatic hydroxyl groups is 1. The van der Waals surface area contributed by atoms with Crippen molar-refractivity contribution < 1.29 is 5.11 Å². The lowest BCUT2D eigenvalue weighted by atomic mass is 9.90. The van der Waals surface area contributed by atoms with Gasteiger partial charge in [-0.25, -0.2) is 0 Å². The lowest BCUT2D eigenvalue weighted by molar-refractivity contribution is 0.474. The summed E-state index contributed by atoms with van der Waals surface area (Å²) in [6.45, 7) is 4.46.